The number of benzene rings is 2. The Morgan fingerprint density at radius 3 is 2.12 bits per heavy atom. The number of aryl methyl sites for hydroxylation is 1. The molecule has 1 atom stereocenters. The fraction of sp³-hybridized carbons (Fsp3) is 0.231. The number of anilines is 1. The molecule has 0 saturated heterocycles. The van der Waals surface area contributed by atoms with Gasteiger partial charge in [-0.25, -0.2) is 4.98 Å². The molecule has 2 heterocycles. The molecule has 0 amide bonds. The van der Waals surface area contributed by atoms with Gasteiger partial charge in [0.2, 0.25) is 0 Å². The Bertz CT molecular complexity index is 1190. The molecule has 6 heteroatoms. The first-order chi connectivity index (χ1) is 15.3. The highest BCUT2D eigenvalue weighted by atomic mass is 19.4. The van der Waals surface area contributed by atoms with Gasteiger partial charge in [0.05, 0.1) is 12.1 Å². The van der Waals surface area contributed by atoms with Crippen molar-refractivity contribution >= 4 is 16.6 Å². The second-order valence-electron chi connectivity index (χ2n) is 8.08. The SMILES string of the molecule is Cc1ccc(C(C)Nc2nccc3ccnc(Cc4ccc(CC(F)(F)F)cc4)c23)cc1. The maximum atomic E-state index is 12.6. The van der Waals surface area contributed by atoms with Crippen LogP contribution in [-0.4, -0.2) is 16.1 Å². The van der Waals surface area contributed by atoms with Crippen molar-refractivity contribution in [1.29, 1.82) is 0 Å². The third-order valence-electron chi connectivity index (χ3n) is 5.49. The van der Waals surface area contributed by atoms with E-state index in [9.17, 15) is 13.2 Å². The van der Waals surface area contributed by atoms with Crippen molar-refractivity contribution in [1.82, 2.24) is 9.97 Å². The minimum absolute atomic E-state index is 0.0448. The number of fused-ring (bicyclic) bond motifs is 1. The number of aromatic nitrogens is 2. The molecule has 3 nitrogen and oxygen atoms in total. The number of nitrogens with zero attached hydrogens (tertiary/aromatic N) is 2. The lowest BCUT2D eigenvalue weighted by Crippen LogP contribution is -2.11. The van der Waals surface area contributed by atoms with Crippen molar-refractivity contribution in [3.8, 4) is 0 Å². The zero-order chi connectivity index (χ0) is 22.7. The molecule has 0 aliphatic carbocycles. The smallest absolute Gasteiger partial charge is 0.363 e. The summed E-state index contributed by atoms with van der Waals surface area (Å²) in [5.74, 6) is 0.743. The molecule has 164 valence electrons. The predicted octanol–water partition coefficient (Wildman–Crippen LogP) is 6.81. The Morgan fingerprint density at radius 1 is 0.844 bits per heavy atom. The first-order valence-corrected chi connectivity index (χ1v) is 10.5. The molecule has 0 bridgehead atoms. The highest BCUT2D eigenvalue weighted by Crippen LogP contribution is 2.29. The molecule has 0 saturated carbocycles. The van der Waals surface area contributed by atoms with Gasteiger partial charge in [0.15, 0.2) is 0 Å². The quantitative estimate of drug-likeness (QED) is 0.362. The van der Waals surface area contributed by atoms with E-state index < -0.39 is 12.6 Å². The zero-order valence-electron chi connectivity index (χ0n) is 17.9. The molecule has 0 spiro atoms. The normalized spacial score (nSPS) is 12.7. The van der Waals surface area contributed by atoms with Crippen LogP contribution in [0.4, 0.5) is 19.0 Å². The van der Waals surface area contributed by atoms with E-state index in [2.05, 4.69) is 53.4 Å². The summed E-state index contributed by atoms with van der Waals surface area (Å²) < 4.78 is 37.9. The predicted molar refractivity (Wildman–Crippen MR) is 122 cm³/mol. The molecule has 1 unspecified atom stereocenters. The molecular formula is C26H24F3N3. The number of pyridine rings is 2. The summed E-state index contributed by atoms with van der Waals surface area (Å²) in [6.07, 6.45) is -1.11. The Hall–Kier alpha value is -3.41. The Morgan fingerprint density at radius 2 is 1.47 bits per heavy atom. The van der Waals surface area contributed by atoms with Crippen LogP contribution in [0.3, 0.4) is 0 Å². The molecule has 0 aliphatic heterocycles. The Balaban J connectivity index is 1.62. The van der Waals surface area contributed by atoms with Gasteiger partial charge in [0, 0.05) is 30.2 Å². The molecule has 0 fully saturated rings. The number of halogens is 3. The number of hydrogen-bond donors (Lipinski definition) is 1. The topological polar surface area (TPSA) is 37.8 Å². The van der Waals surface area contributed by atoms with E-state index in [1.807, 2.05) is 12.1 Å². The van der Waals surface area contributed by atoms with Crippen LogP contribution in [0.1, 0.15) is 40.9 Å². The van der Waals surface area contributed by atoms with E-state index in [-0.39, 0.29) is 11.6 Å². The summed E-state index contributed by atoms with van der Waals surface area (Å²) in [6.45, 7) is 4.14. The van der Waals surface area contributed by atoms with E-state index in [0.717, 1.165) is 33.4 Å². The lowest BCUT2D eigenvalue weighted by molar-refractivity contribution is -0.127. The molecule has 32 heavy (non-hydrogen) atoms. The van der Waals surface area contributed by atoms with Crippen molar-refractivity contribution in [2.45, 2.75) is 38.9 Å². The molecule has 4 aromatic rings. The molecule has 2 aromatic heterocycles. The van der Waals surface area contributed by atoms with Crippen LogP contribution in [0, 0.1) is 6.92 Å². The molecule has 0 radical (unpaired) electrons. The van der Waals surface area contributed by atoms with Gasteiger partial charge in [-0.3, -0.25) is 4.98 Å². The fourth-order valence-corrected chi connectivity index (χ4v) is 3.78. The van der Waals surface area contributed by atoms with Crippen LogP contribution in [0.15, 0.2) is 73.1 Å². The number of alkyl halides is 3. The summed E-state index contributed by atoms with van der Waals surface area (Å²) in [5.41, 5.74) is 4.34. The average Bonchev–Trinajstić information content (AvgIpc) is 2.75. The maximum absolute atomic E-state index is 12.6. The van der Waals surface area contributed by atoms with E-state index in [0.29, 0.717) is 6.42 Å². The van der Waals surface area contributed by atoms with Crippen LogP contribution >= 0.6 is 0 Å². The first-order valence-electron chi connectivity index (χ1n) is 10.5. The van der Waals surface area contributed by atoms with Gasteiger partial charge in [-0.2, -0.15) is 13.2 Å². The average molecular weight is 435 g/mol. The van der Waals surface area contributed by atoms with Crippen LogP contribution < -0.4 is 5.32 Å². The third kappa shape index (κ3) is 5.25. The van der Waals surface area contributed by atoms with Crippen molar-refractivity contribution in [2.75, 3.05) is 5.32 Å². The highest BCUT2D eigenvalue weighted by molar-refractivity contribution is 5.93. The van der Waals surface area contributed by atoms with Gasteiger partial charge in [-0.15, -0.1) is 0 Å². The van der Waals surface area contributed by atoms with Crippen molar-refractivity contribution < 1.29 is 13.2 Å². The minimum atomic E-state index is -4.21. The number of hydrogen-bond acceptors (Lipinski definition) is 3. The zero-order valence-corrected chi connectivity index (χ0v) is 17.9. The Labute approximate surface area is 185 Å². The highest BCUT2D eigenvalue weighted by Gasteiger charge is 2.27. The van der Waals surface area contributed by atoms with E-state index in [4.69, 9.17) is 0 Å². The van der Waals surface area contributed by atoms with E-state index in [1.54, 1.807) is 24.5 Å². The third-order valence-corrected chi connectivity index (χ3v) is 5.49. The van der Waals surface area contributed by atoms with E-state index >= 15 is 0 Å². The van der Waals surface area contributed by atoms with Gasteiger partial charge in [-0.05, 0) is 48.1 Å². The molecule has 4 rings (SSSR count). The monoisotopic (exact) mass is 435 g/mol. The molecule has 0 aliphatic rings. The first kappa shape index (κ1) is 21.8. The lowest BCUT2D eigenvalue weighted by Gasteiger charge is -2.18. The van der Waals surface area contributed by atoms with Crippen molar-refractivity contribution in [3.63, 3.8) is 0 Å². The second kappa shape index (κ2) is 8.99. The summed E-state index contributed by atoms with van der Waals surface area (Å²) >= 11 is 0. The Kier molecular flexibility index (Phi) is 6.12. The molecule has 2 aromatic carbocycles. The van der Waals surface area contributed by atoms with Crippen LogP contribution in [0.2, 0.25) is 0 Å². The largest absolute Gasteiger partial charge is 0.393 e. The second-order valence-corrected chi connectivity index (χ2v) is 8.08. The van der Waals surface area contributed by atoms with E-state index in [1.165, 1.54) is 17.7 Å². The fourth-order valence-electron chi connectivity index (χ4n) is 3.78. The number of nitrogens with one attached hydrogen (secondary N) is 1. The molecular weight excluding hydrogens is 411 g/mol. The lowest BCUT2D eigenvalue weighted by atomic mass is 10.0. The summed E-state index contributed by atoms with van der Waals surface area (Å²) in [7, 11) is 0. The minimum Gasteiger partial charge on any atom is -0.363 e. The number of rotatable bonds is 6. The van der Waals surface area contributed by atoms with Crippen LogP contribution in [-0.2, 0) is 12.8 Å². The summed E-state index contributed by atoms with van der Waals surface area (Å²) in [4.78, 5) is 9.15. The van der Waals surface area contributed by atoms with Gasteiger partial charge in [-0.1, -0.05) is 54.1 Å². The van der Waals surface area contributed by atoms with Gasteiger partial charge in [0.1, 0.15) is 5.82 Å². The molecule has 1 N–H and O–H groups in total. The van der Waals surface area contributed by atoms with Crippen molar-refractivity contribution in [3.05, 3.63) is 101 Å². The summed E-state index contributed by atoms with van der Waals surface area (Å²) in [6, 6.07) is 18.8. The van der Waals surface area contributed by atoms with Crippen molar-refractivity contribution in [2.24, 2.45) is 0 Å². The maximum Gasteiger partial charge on any atom is 0.393 e. The van der Waals surface area contributed by atoms with Gasteiger partial charge >= 0.3 is 6.18 Å². The van der Waals surface area contributed by atoms with Gasteiger partial charge < -0.3 is 5.32 Å². The summed E-state index contributed by atoms with van der Waals surface area (Å²) in [5, 5.41) is 5.44. The van der Waals surface area contributed by atoms with Gasteiger partial charge in [0.25, 0.3) is 0 Å². The van der Waals surface area contributed by atoms with Crippen LogP contribution in [0.25, 0.3) is 10.8 Å². The standard InChI is InChI=1S/C26H24F3N3/c1-17-3-9-21(10-4-17)18(2)32-25-24-22(12-14-31-25)11-13-30-23(24)15-19-5-7-20(8-6-19)16-26(27,28)29/h3-14,18H,15-16H2,1-2H3,(H,31,32). The van der Waals surface area contributed by atoms with Crippen LogP contribution in [0.5, 0.6) is 0 Å².